The van der Waals surface area contributed by atoms with E-state index in [0.717, 1.165) is 4.47 Å². The fourth-order valence-corrected chi connectivity index (χ4v) is 2.21. The standard InChI is InChI=1S/C15H11BrClO3/c1-10(9-18)19-12-3-5-13(6-4-12)20-15-7-2-11(16)8-14(15)17/h2-8,10H,1H3. The summed E-state index contributed by atoms with van der Waals surface area (Å²) in [5.74, 6) is 1.78. The first-order valence-electron chi connectivity index (χ1n) is 5.86. The highest BCUT2D eigenvalue weighted by Crippen LogP contribution is 2.32. The van der Waals surface area contributed by atoms with Gasteiger partial charge in [0.05, 0.1) is 5.02 Å². The van der Waals surface area contributed by atoms with Gasteiger partial charge in [-0.05, 0) is 49.4 Å². The van der Waals surface area contributed by atoms with Gasteiger partial charge in [0.2, 0.25) is 6.29 Å². The van der Waals surface area contributed by atoms with Gasteiger partial charge in [0.25, 0.3) is 0 Å². The molecular formula is C15H11BrClO3. The molecule has 0 saturated heterocycles. The molecule has 5 heteroatoms. The Morgan fingerprint density at radius 1 is 1.15 bits per heavy atom. The van der Waals surface area contributed by atoms with Gasteiger partial charge in [-0.1, -0.05) is 27.5 Å². The van der Waals surface area contributed by atoms with Gasteiger partial charge < -0.3 is 9.47 Å². The Balaban J connectivity index is 2.08. The molecule has 20 heavy (non-hydrogen) atoms. The van der Waals surface area contributed by atoms with Gasteiger partial charge in [0.1, 0.15) is 17.2 Å². The summed E-state index contributed by atoms with van der Waals surface area (Å²) < 4.78 is 11.8. The van der Waals surface area contributed by atoms with Crippen LogP contribution in [0.5, 0.6) is 17.2 Å². The number of hydrogen-bond donors (Lipinski definition) is 0. The third-order valence-corrected chi connectivity index (χ3v) is 3.21. The number of ether oxygens (including phenoxy) is 2. The number of halogens is 2. The molecule has 1 radical (unpaired) electrons. The van der Waals surface area contributed by atoms with Crippen molar-refractivity contribution in [1.82, 2.24) is 0 Å². The normalized spacial score (nSPS) is 11.8. The second kappa shape index (κ2) is 6.77. The largest absolute Gasteiger partial charge is 0.482 e. The lowest BCUT2D eigenvalue weighted by Gasteiger charge is -2.10. The molecule has 103 valence electrons. The van der Waals surface area contributed by atoms with Gasteiger partial charge >= 0.3 is 0 Å². The first-order valence-corrected chi connectivity index (χ1v) is 7.03. The predicted molar refractivity (Wildman–Crippen MR) is 81.5 cm³/mol. The third-order valence-electron chi connectivity index (χ3n) is 2.42. The van der Waals surface area contributed by atoms with E-state index in [1.165, 1.54) is 0 Å². The lowest BCUT2D eigenvalue weighted by Crippen LogP contribution is -2.12. The molecule has 0 fully saturated rings. The molecule has 2 rings (SSSR count). The van der Waals surface area contributed by atoms with Gasteiger partial charge in [-0.3, -0.25) is 4.79 Å². The van der Waals surface area contributed by atoms with Crippen LogP contribution < -0.4 is 9.47 Å². The average molecular weight is 355 g/mol. The van der Waals surface area contributed by atoms with E-state index in [1.54, 1.807) is 49.6 Å². The highest BCUT2D eigenvalue weighted by atomic mass is 79.9. The van der Waals surface area contributed by atoms with E-state index >= 15 is 0 Å². The maximum Gasteiger partial charge on any atom is 0.242 e. The van der Waals surface area contributed by atoms with Crippen LogP contribution in [0.4, 0.5) is 0 Å². The number of carbonyl (C=O) groups excluding carboxylic acids is 1. The van der Waals surface area contributed by atoms with Crippen molar-refractivity contribution in [3.8, 4) is 17.2 Å². The van der Waals surface area contributed by atoms with Crippen LogP contribution in [0, 0.1) is 0 Å². The Bertz CT molecular complexity index is 599. The van der Waals surface area contributed by atoms with Crippen LogP contribution in [-0.2, 0) is 4.79 Å². The van der Waals surface area contributed by atoms with Crippen LogP contribution in [0.15, 0.2) is 46.9 Å². The zero-order valence-corrected chi connectivity index (χ0v) is 12.9. The lowest BCUT2D eigenvalue weighted by molar-refractivity contribution is 0.278. The van der Waals surface area contributed by atoms with Crippen molar-refractivity contribution in [1.29, 1.82) is 0 Å². The quantitative estimate of drug-likeness (QED) is 0.776. The van der Waals surface area contributed by atoms with E-state index < -0.39 is 6.10 Å². The highest BCUT2D eigenvalue weighted by molar-refractivity contribution is 9.10. The Hall–Kier alpha value is -1.52. The maximum absolute atomic E-state index is 10.4. The fraction of sp³-hybridized carbons (Fsp3) is 0.133. The van der Waals surface area contributed by atoms with E-state index in [0.29, 0.717) is 22.3 Å². The first-order chi connectivity index (χ1) is 9.58. The second-order valence-electron chi connectivity index (χ2n) is 4.03. The average Bonchev–Trinajstić information content (AvgIpc) is 2.44. The number of benzene rings is 2. The highest BCUT2D eigenvalue weighted by Gasteiger charge is 2.06. The van der Waals surface area contributed by atoms with Gasteiger partial charge in [-0.15, -0.1) is 0 Å². The van der Waals surface area contributed by atoms with E-state index in [1.807, 2.05) is 6.07 Å². The number of hydrogen-bond acceptors (Lipinski definition) is 3. The molecule has 2 aromatic rings. The van der Waals surface area contributed by atoms with Crippen LogP contribution in [-0.4, -0.2) is 12.4 Å². The molecule has 0 spiro atoms. The van der Waals surface area contributed by atoms with Gasteiger partial charge in [-0.2, -0.15) is 0 Å². The topological polar surface area (TPSA) is 35.5 Å². The summed E-state index contributed by atoms with van der Waals surface area (Å²) in [6, 6.07) is 12.3. The van der Waals surface area contributed by atoms with Crippen molar-refractivity contribution >= 4 is 33.8 Å². The summed E-state index contributed by atoms with van der Waals surface area (Å²) in [5, 5.41) is 0.517. The molecule has 0 aromatic heterocycles. The maximum atomic E-state index is 10.4. The lowest BCUT2D eigenvalue weighted by atomic mass is 10.3. The zero-order valence-electron chi connectivity index (χ0n) is 10.6. The minimum Gasteiger partial charge on any atom is -0.482 e. The summed E-state index contributed by atoms with van der Waals surface area (Å²) in [6.07, 6.45) is 1.16. The molecule has 0 N–H and O–H groups in total. The summed E-state index contributed by atoms with van der Waals surface area (Å²) in [7, 11) is 0. The first kappa shape index (κ1) is 14.9. The van der Waals surface area contributed by atoms with Crippen molar-refractivity contribution in [3.63, 3.8) is 0 Å². The summed E-state index contributed by atoms with van der Waals surface area (Å²) in [5.41, 5.74) is 0. The Morgan fingerprint density at radius 2 is 1.80 bits per heavy atom. The molecule has 1 unspecified atom stereocenters. The molecule has 0 saturated carbocycles. The van der Waals surface area contributed by atoms with E-state index in [9.17, 15) is 4.79 Å². The Kier molecular flexibility index (Phi) is 5.04. The van der Waals surface area contributed by atoms with Gasteiger partial charge in [-0.25, -0.2) is 0 Å². The molecular weight excluding hydrogens is 344 g/mol. The van der Waals surface area contributed by atoms with Crippen molar-refractivity contribution in [2.45, 2.75) is 13.0 Å². The van der Waals surface area contributed by atoms with Crippen molar-refractivity contribution in [2.24, 2.45) is 0 Å². The summed E-state index contributed by atoms with van der Waals surface area (Å²) >= 11 is 9.41. The molecule has 1 atom stereocenters. The van der Waals surface area contributed by atoms with E-state index in [4.69, 9.17) is 21.1 Å². The molecule has 0 bridgehead atoms. The molecule has 0 aliphatic heterocycles. The molecule has 0 aliphatic carbocycles. The van der Waals surface area contributed by atoms with Crippen molar-refractivity contribution in [2.75, 3.05) is 0 Å². The Labute approximate surface area is 130 Å². The molecule has 0 heterocycles. The molecule has 0 aliphatic rings. The minimum absolute atomic E-state index is 0.517. The van der Waals surface area contributed by atoms with Gasteiger partial charge in [0.15, 0.2) is 6.10 Å². The van der Waals surface area contributed by atoms with Crippen LogP contribution in [0.2, 0.25) is 5.02 Å². The fourth-order valence-electron chi connectivity index (χ4n) is 1.50. The molecule has 0 amide bonds. The van der Waals surface area contributed by atoms with Gasteiger partial charge in [0, 0.05) is 4.47 Å². The number of rotatable bonds is 5. The monoisotopic (exact) mass is 353 g/mol. The van der Waals surface area contributed by atoms with Crippen molar-refractivity contribution in [3.05, 3.63) is 52.0 Å². The van der Waals surface area contributed by atoms with Crippen LogP contribution in [0.1, 0.15) is 6.92 Å². The van der Waals surface area contributed by atoms with Crippen molar-refractivity contribution < 1.29 is 14.3 Å². The minimum atomic E-state index is -0.595. The summed E-state index contributed by atoms with van der Waals surface area (Å²) in [6.45, 7) is 1.62. The van der Waals surface area contributed by atoms with Crippen LogP contribution in [0.3, 0.4) is 0 Å². The molecule has 3 nitrogen and oxygen atoms in total. The smallest absolute Gasteiger partial charge is 0.242 e. The Morgan fingerprint density at radius 3 is 2.40 bits per heavy atom. The third kappa shape index (κ3) is 3.99. The summed E-state index contributed by atoms with van der Waals surface area (Å²) in [4.78, 5) is 10.4. The zero-order chi connectivity index (χ0) is 14.5. The van der Waals surface area contributed by atoms with E-state index in [-0.39, 0.29) is 0 Å². The van der Waals surface area contributed by atoms with Crippen LogP contribution >= 0.6 is 27.5 Å². The predicted octanol–water partition coefficient (Wildman–Crippen LogP) is 4.77. The second-order valence-corrected chi connectivity index (χ2v) is 5.35. The SMILES string of the molecule is CC([C]=O)Oc1ccc(Oc2ccc(Br)cc2Cl)cc1. The van der Waals surface area contributed by atoms with E-state index in [2.05, 4.69) is 15.9 Å². The molecule has 2 aromatic carbocycles. The van der Waals surface area contributed by atoms with Crippen LogP contribution in [0.25, 0.3) is 0 Å².